The number of imidazole rings is 1. The summed E-state index contributed by atoms with van der Waals surface area (Å²) >= 11 is 0. The molecule has 4 heterocycles. The fraction of sp³-hybridized carbons (Fsp3) is 0.435. The van der Waals surface area contributed by atoms with E-state index >= 15 is 0 Å². The Labute approximate surface area is 193 Å². The van der Waals surface area contributed by atoms with Gasteiger partial charge in [0.15, 0.2) is 5.65 Å². The van der Waals surface area contributed by atoms with Gasteiger partial charge in [-0.15, -0.1) is 13.2 Å². The Balaban J connectivity index is 1.26. The second kappa shape index (κ2) is 8.88. The van der Waals surface area contributed by atoms with Crippen LogP contribution in [0.5, 0.6) is 5.75 Å². The third-order valence-electron chi connectivity index (χ3n) is 6.41. The smallest absolute Gasteiger partial charge is 0.406 e. The molecule has 3 aromatic rings. The molecule has 1 aromatic carbocycles. The highest BCUT2D eigenvalue weighted by Crippen LogP contribution is 2.34. The van der Waals surface area contributed by atoms with Crippen LogP contribution in [-0.2, 0) is 4.74 Å². The van der Waals surface area contributed by atoms with Gasteiger partial charge in [0, 0.05) is 37.5 Å². The molecule has 11 heteroatoms. The average molecular weight is 475 g/mol. The Hall–Kier alpha value is -3.18. The Morgan fingerprint density at radius 2 is 1.88 bits per heavy atom. The summed E-state index contributed by atoms with van der Waals surface area (Å²) in [6, 6.07) is 6.87. The molecule has 2 unspecified atom stereocenters. The molecule has 0 radical (unpaired) electrons. The summed E-state index contributed by atoms with van der Waals surface area (Å²) in [4.78, 5) is 26.9. The number of benzene rings is 1. The number of amides is 1. The summed E-state index contributed by atoms with van der Waals surface area (Å²) in [5.41, 5.74) is 9.04. The topological polar surface area (TPSA) is 106 Å². The first kappa shape index (κ1) is 22.6. The molecule has 5 rings (SSSR count). The maximum atomic E-state index is 12.8. The minimum atomic E-state index is -4.77. The van der Waals surface area contributed by atoms with Crippen LogP contribution in [0.4, 0.5) is 13.2 Å². The van der Waals surface area contributed by atoms with Gasteiger partial charge in [0.2, 0.25) is 0 Å². The van der Waals surface area contributed by atoms with E-state index in [9.17, 15) is 18.0 Å². The van der Waals surface area contributed by atoms with Gasteiger partial charge in [0.1, 0.15) is 17.7 Å². The Morgan fingerprint density at radius 1 is 1.15 bits per heavy atom. The summed E-state index contributed by atoms with van der Waals surface area (Å²) in [7, 11) is 0. The number of alkyl halides is 3. The molecule has 2 aromatic heterocycles. The lowest BCUT2D eigenvalue weighted by Crippen LogP contribution is -2.38. The summed E-state index contributed by atoms with van der Waals surface area (Å²) in [6.45, 7) is 1.67. The summed E-state index contributed by atoms with van der Waals surface area (Å²) in [5.74, 6) is 0.328. The van der Waals surface area contributed by atoms with Crippen molar-refractivity contribution in [1.82, 2.24) is 19.9 Å². The molecule has 2 aliphatic heterocycles. The van der Waals surface area contributed by atoms with E-state index in [1.54, 1.807) is 11.1 Å². The Morgan fingerprint density at radius 3 is 2.53 bits per heavy atom. The molecular weight excluding hydrogens is 451 g/mol. The predicted molar refractivity (Wildman–Crippen MR) is 116 cm³/mol. The number of nitrogens with one attached hydrogen (secondary N) is 1. The van der Waals surface area contributed by atoms with Crippen molar-refractivity contribution in [3.8, 4) is 5.75 Å². The van der Waals surface area contributed by atoms with Gasteiger partial charge in [-0.25, -0.2) is 9.97 Å². The molecule has 1 amide bonds. The van der Waals surface area contributed by atoms with Crippen LogP contribution in [0.2, 0.25) is 0 Å². The van der Waals surface area contributed by atoms with Gasteiger partial charge in [-0.2, -0.15) is 0 Å². The molecule has 34 heavy (non-hydrogen) atoms. The molecule has 2 aliphatic rings. The van der Waals surface area contributed by atoms with Crippen LogP contribution >= 0.6 is 0 Å². The zero-order valence-corrected chi connectivity index (χ0v) is 18.2. The van der Waals surface area contributed by atoms with Gasteiger partial charge < -0.3 is 25.1 Å². The molecule has 0 spiro atoms. The van der Waals surface area contributed by atoms with E-state index in [0.29, 0.717) is 36.7 Å². The first-order valence-corrected chi connectivity index (χ1v) is 11.2. The SMILES string of the molecule is NC1CCOC1c1nc2nccc(C3CCN(C(=O)c4ccc(OC(F)(F)F)cc4)CC3)c2[nH]1. The van der Waals surface area contributed by atoms with Gasteiger partial charge in [-0.1, -0.05) is 0 Å². The number of ether oxygens (including phenoxy) is 2. The number of carbonyl (C=O) groups excluding carboxylic acids is 1. The number of hydrogen-bond acceptors (Lipinski definition) is 6. The minimum absolute atomic E-state index is 0.104. The third kappa shape index (κ3) is 4.58. The van der Waals surface area contributed by atoms with Gasteiger partial charge in [0.05, 0.1) is 5.52 Å². The lowest BCUT2D eigenvalue weighted by molar-refractivity contribution is -0.274. The lowest BCUT2D eigenvalue weighted by Gasteiger charge is -2.32. The lowest BCUT2D eigenvalue weighted by atomic mass is 9.89. The van der Waals surface area contributed by atoms with E-state index < -0.39 is 6.36 Å². The van der Waals surface area contributed by atoms with Crippen molar-refractivity contribution in [3.63, 3.8) is 0 Å². The molecule has 3 N–H and O–H groups in total. The second-order valence-corrected chi connectivity index (χ2v) is 8.60. The number of nitrogens with zero attached hydrogens (tertiary/aromatic N) is 3. The molecule has 0 saturated carbocycles. The second-order valence-electron chi connectivity index (χ2n) is 8.60. The maximum absolute atomic E-state index is 12.8. The average Bonchev–Trinajstić information content (AvgIpc) is 3.43. The molecular formula is C23H24F3N5O3. The number of pyridine rings is 1. The molecule has 0 aliphatic carbocycles. The van der Waals surface area contributed by atoms with Gasteiger partial charge in [0.25, 0.3) is 5.91 Å². The largest absolute Gasteiger partial charge is 0.573 e. The maximum Gasteiger partial charge on any atom is 0.573 e. The van der Waals surface area contributed by atoms with Crippen LogP contribution in [-0.4, -0.2) is 57.9 Å². The zero-order chi connectivity index (χ0) is 23.9. The van der Waals surface area contributed by atoms with Crippen molar-refractivity contribution in [2.24, 2.45) is 5.73 Å². The Kier molecular flexibility index (Phi) is 5.90. The van der Waals surface area contributed by atoms with E-state index in [-0.39, 0.29) is 29.7 Å². The monoisotopic (exact) mass is 475 g/mol. The standard InChI is InChI=1S/C23H24F3N5O3/c24-23(25,26)34-15-3-1-14(2-4-15)22(32)31-10-6-13(7-11-31)16-5-9-28-20-18(16)29-21(30-20)19-17(27)8-12-33-19/h1-5,9,13,17,19H,6-8,10-12,27H2,(H,28,29,30). The highest BCUT2D eigenvalue weighted by Gasteiger charge is 2.32. The van der Waals surface area contributed by atoms with Crippen LogP contribution in [0.15, 0.2) is 36.5 Å². The van der Waals surface area contributed by atoms with Gasteiger partial charge >= 0.3 is 6.36 Å². The third-order valence-corrected chi connectivity index (χ3v) is 6.41. The first-order valence-electron chi connectivity index (χ1n) is 11.2. The summed E-state index contributed by atoms with van der Waals surface area (Å²) in [6.07, 6.45) is -1.03. The molecule has 180 valence electrons. The molecule has 2 fully saturated rings. The fourth-order valence-corrected chi connectivity index (χ4v) is 4.69. The van der Waals surface area contributed by atoms with Crippen molar-refractivity contribution < 1.29 is 27.4 Å². The van der Waals surface area contributed by atoms with Crippen molar-refractivity contribution >= 4 is 17.1 Å². The fourth-order valence-electron chi connectivity index (χ4n) is 4.69. The summed E-state index contributed by atoms with van der Waals surface area (Å²) < 4.78 is 46.6. The highest BCUT2D eigenvalue weighted by atomic mass is 19.4. The summed E-state index contributed by atoms with van der Waals surface area (Å²) in [5, 5.41) is 0. The van der Waals surface area contributed by atoms with E-state index in [0.717, 1.165) is 42.5 Å². The number of aromatic amines is 1. The number of H-pyrrole nitrogens is 1. The number of likely N-dealkylation sites (tertiary alicyclic amines) is 1. The number of hydrogen-bond donors (Lipinski definition) is 2. The number of piperidine rings is 1. The first-order chi connectivity index (χ1) is 16.3. The highest BCUT2D eigenvalue weighted by molar-refractivity contribution is 5.94. The molecule has 2 atom stereocenters. The van der Waals surface area contributed by atoms with Crippen LogP contribution in [0.1, 0.15) is 53.0 Å². The van der Waals surface area contributed by atoms with Crippen molar-refractivity contribution in [3.05, 3.63) is 53.5 Å². The van der Waals surface area contributed by atoms with Crippen LogP contribution in [0, 0.1) is 0 Å². The van der Waals surface area contributed by atoms with Crippen molar-refractivity contribution in [2.75, 3.05) is 19.7 Å². The number of nitrogens with two attached hydrogens (primary N) is 1. The number of aromatic nitrogens is 3. The van der Waals surface area contributed by atoms with E-state index in [1.807, 2.05) is 6.07 Å². The van der Waals surface area contributed by atoms with Crippen LogP contribution in [0.3, 0.4) is 0 Å². The predicted octanol–water partition coefficient (Wildman–Crippen LogP) is 3.67. The van der Waals surface area contributed by atoms with Crippen LogP contribution in [0.25, 0.3) is 11.2 Å². The molecule has 0 bridgehead atoms. The quantitative estimate of drug-likeness (QED) is 0.597. The van der Waals surface area contributed by atoms with Crippen LogP contribution < -0.4 is 10.5 Å². The number of fused-ring (bicyclic) bond motifs is 1. The zero-order valence-electron chi connectivity index (χ0n) is 18.2. The van der Waals surface area contributed by atoms with Gasteiger partial charge in [-0.3, -0.25) is 4.79 Å². The molecule has 2 saturated heterocycles. The van der Waals surface area contributed by atoms with Crippen molar-refractivity contribution in [1.29, 1.82) is 0 Å². The number of rotatable bonds is 4. The number of halogens is 3. The van der Waals surface area contributed by atoms with E-state index in [1.165, 1.54) is 12.1 Å². The van der Waals surface area contributed by atoms with E-state index in [2.05, 4.69) is 19.7 Å². The van der Waals surface area contributed by atoms with E-state index in [4.69, 9.17) is 10.5 Å². The van der Waals surface area contributed by atoms with Gasteiger partial charge in [-0.05, 0) is 61.1 Å². The Bertz CT molecular complexity index is 1170. The normalized spacial score (nSPS) is 21.8. The van der Waals surface area contributed by atoms with Crippen molar-refractivity contribution in [2.45, 2.75) is 43.7 Å². The number of carbonyl (C=O) groups is 1. The molecule has 8 nitrogen and oxygen atoms in total. The minimum Gasteiger partial charge on any atom is -0.406 e.